The van der Waals surface area contributed by atoms with Crippen molar-refractivity contribution in [3.8, 4) is 11.5 Å². The van der Waals surface area contributed by atoms with Crippen LogP contribution in [0.15, 0.2) is 42.5 Å². The smallest absolute Gasteiger partial charge is 0.262 e. The number of hydrogen-bond acceptors (Lipinski definition) is 5. The summed E-state index contributed by atoms with van der Waals surface area (Å²) in [5.41, 5.74) is 1.63. The van der Waals surface area contributed by atoms with Crippen LogP contribution in [0, 0.1) is 0 Å². The minimum absolute atomic E-state index is 0.293. The van der Waals surface area contributed by atoms with Gasteiger partial charge in [-0.2, -0.15) is 0 Å². The van der Waals surface area contributed by atoms with Crippen LogP contribution in [0.3, 0.4) is 0 Å². The zero-order chi connectivity index (χ0) is 19.4. The molecule has 0 spiro atoms. The van der Waals surface area contributed by atoms with Crippen LogP contribution in [0.5, 0.6) is 11.5 Å². The van der Waals surface area contributed by atoms with Gasteiger partial charge >= 0.3 is 0 Å². The molecule has 2 aromatic carbocycles. The summed E-state index contributed by atoms with van der Waals surface area (Å²) in [5.74, 6) is -0.00970. The molecule has 0 atom stereocenters. The summed E-state index contributed by atoms with van der Waals surface area (Å²) in [7, 11) is 3.13. The molecule has 2 aromatic rings. The predicted molar refractivity (Wildman–Crippen MR) is 98.1 cm³/mol. The van der Waals surface area contributed by atoms with Crippen LogP contribution >= 0.6 is 0 Å². The Morgan fingerprint density at radius 3 is 2.19 bits per heavy atom. The molecule has 0 fully saturated rings. The highest BCUT2D eigenvalue weighted by atomic mass is 16.5. The lowest BCUT2D eigenvalue weighted by Crippen LogP contribution is -2.40. The number of imide groups is 1. The molecule has 0 saturated heterocycles. The number of amides is 3. The van der Waals surface area contributed by atoms with E-state index in [1.165, 1.54) is 0 Å². The van der Waals surface area contributed by atoms with Gasteiger partial charge < -0.3 is 14.8 Å². The highest BCUT2D eigenvalue weighted by Gasteiger charge is 2.36. The molecule has 1 N–H and O–H groups in total. The predicted octanol–water partition coefficient (Wildman–Crippen LogP) is 1.66. The van der Waals surface area contributed by atoms with Crippen LogP contribution in [0.25, 0.3) is 0 Å². The fourth-order valence-electron chi connectivity index (χ4n) is 2.96. The molecule has 3 amide bonds. The average Bonchev–Trinajstić information content (AvgIpc) is 2.93. The van der Waals surface area contributed by atoms with Crippen LogP contribution in [0.4, 0.5) is 0 Å². The first-order valence-corrected chi connectivity index (χ1v) is 8.48. The van der Waals surface area contributed by atoms with Crippen molar-refractivity contribution in [2.45, 2.75) is 6.42 Å². The first-order valence-electron chi connectivity index (χ1n) is 8.48. The van der Waals surface area contributed by atoms with Gasteiger partial charge in [-0.15, -0.1) is 0 Å². The van der Waals surface area contributed by atoms with Crippen molar-refractivity contribution in [1.82, 2.24) is 10.2 Å². The number of ether oxygens (including phenoxy) is 2. The van der Waals surface area contributed by atoms with E-state index in [4.69, 9.17) is 9.47 Å². The third-order valence-corrected chi connectivity index (χ3v) is 4.36. The molecule has 0 saturated carbocycles. The van der Waals surface area contributed by atoms with Crippen molar-refractivity contribution in [3.05, 3.63) is 59.2 Å². The van der Waals surface area contributed by atoms with Gasteiger partial charge in [0.25, 0.3) is 11.8 Å². The van der Waals surface area contributed by atoms with Crippen molar-refractivity contribution in [3.63, 3.8) is 0 Å². The Hall–Kier alpha value is -3.35. The van der Waals surface area contributed by atoms with Crippen LogP contribution in [-0.2, 0) is 11.2 Å². The number of nitrogens with one attached hydrogen (secondary N) is 1. The van der Waals surface area contributed by atoms with Gasteiger partial charge in [-0.25, -0.2) is 0 Å². The van der Waals surface area contributed by atoms with Gasteiger partial charge in [0.05, 0.1) is 25.3 Å². The number of methoxy groups -OCH3 is 2. The van der Waals surface area contributed by atoms with Gasteiger partial charge in [-0.05, 0) is 36.2 Å². The van der Waals surface area contributed by atoms with Crippen LogP contribution in [-0.4, -0.2) is 49.9 Å². The molecule has 0 aromatic heterocycles. The van der Waals surface area contributed by atoms with Crippen LogP contribution in [0.1, 0.15) is 26.3 Å². The highest BCUT2D eigenvalue weighted by Crippen LogP contribution is 2.27. The monoisotopic (exact) mass is 368 g/mol. The van der Waals surface area contributed by atoms with Gasteiger partial charge in [0.15, 0.2) is 11.5 Å². The standard InChI is InChI=1S/C20H20N2O5/c1-26-16-8-7-13(11-17(16)27-2)9-10-21-18(23)12-22-19(24)14-5-3-4-6-15(14)20(22)25/h3-8,11H,9-10,12H2,1-2H3,(H,21,23). The maximum atomic E-state index is 12.3. The molecule has 1 aliphatic rings. The van der Waals surface area contributed by atoms with Gasteiger partial charge in [0, 0.05) is 6.54 Å². The van der Waals surface area contributed by atoms with E-state index in [0.717, 1.165) is 10.5 Å². The Kier molecular flexibility index (Phi) is 5.40. The van der Waals surface area contributed by atoms with Gasteiger partial charge in [0.1, 0.15) is 6.54 Å². The lowest BCUT2D eigenvalue weighted by atomic mass is 10.1. The summed E-state index contributed by atoms with van der Waals surface area (Å²) >= 11 is 0. The van der Waals surface area contributed by atoms with Crippen molar-refractivity contribution in [2.75, 3.05) is 27.3 Å². The van der Waals surface area contributed by atoms with Gasteiger partial charge in [-0.1, -0.05) is 18.2 Å². The molecule has 0 bridgehead atoms. The molecular formula is C20H20N2O5. The van der Waals surface area contributed by atoms with E-state index in [2.05, 4.69) is 5.32 Å². The summed E-state index contributed by atoms with van der Waals surface area (Å²) in [6, 6.07) is 12.1. The zero-order valence-corrected chi connectivity index (χ0v) is 15.2. The van der Waals surface area contributed by atoms with E-state index in [1.54, 1.807) is 44.6 Å². The summed E-state index contributed by atoms with van der Waals surface area (Å²) in [6.07, 6.45) is 0.578. The molecule has 0 radical (unpaired) electrons. The minimum atomic E-state index is -0.439. The minimum Gasteiger partial charge on any atom is -0.493 e. The fourth-order valence-corrected chi connectivity index (χ4v) is 2.96. The maximum absolute atomic E-state index is 12.3. The van der Waals surface area contributed by atoms with E-state index in [-0.39, 0.29) is 12.5 Å². The van der Waals surface area contributed by atoms with E-state index in [0.29, 0.717) is 35.6 Å². The first kappa shape index (κ1) is 18.4. The lowest BCUT2D eigenvalue weighted by molar-refractivity contribution is -0.121. The number of hydrogen-bond donors (Lipinski definition) is 1. The molecular weight excluding hydrogens is 348 g/mol. The molecule has 1 aliphatic heterocycles. The summed E-state index contributed by atoms with van der Waals surface area (Å²) in [5, 5.41) is 2.73. The topological polar surface area (TPSA) is 84.9 Å². The third kappa shape index (κ3) is 3.76. The van der Waals surface area contributed by atoms with E-state index in [9.17, 15) is 14.4 Å². The third-order valence-electron chi connectivity index (χ3n) is 4.36. The number of benzene rings is 2. The Bertz CT molecular complexity index is 859. The van der Waals surface area contributed by atoms with Gasteiger partial charge in [0.2, 0.25) is 5.91 Å². The second-order valence-corrected chi connectivity index (χ2v) is 6.03. The highest BCUT2D eigenvalue weighted by molar-refractivity contribution is 6.22. The Labute approximate surface area is 156 Å². The molecule has 0 unspecified atom stereocenters. The van der Waals surface area contributed by atoms with Crippen molar-refractivity contribution >= 4 is 17.7 Å². The number of rotatable bonds is 7. The number of fused-ring (bicyclic) bond motifs is 1. The maximum Gasteiger partial charge on any atom is 0.262 e. The van der Waals surface area contributed by atoms with E-state index < -0.39 is 11.8 Å². The normalized spacial score (nSPS) is 12.7. The molecule has 7 nitrogen and oxygen atoms in total. The van der Waals surface area contributed by atoms with Gasteiger partial charge in [-0.3, -0.25) is 19.3 Å². The molecule has 1 heterocycles. The van der Waals surface area contributed by atoms with Crippen molar-refractivity contribution in [1.29, 1.82) is 0 Å². The number of carbonyl (C=O) groups is 3. The van der Waals surface area contributed by atoms with E-state index >= 15 is 0 Å². The summed E-state index contributed by atoms with van der Waals surface area (Å²) in [6.45, 7) is 0.0791. The van der Waals surface area contributed by atoms with Crippen LogP contribution in [0.2, 0.25) is 0 Å². The number of carbonyl (C=O) groups excluding carboxylic acids is 3. The van der Waals surface area contributed by atoms with Crippen molar-refractivity contribution in [2.24, 2.45) is 0 Å². The first-order chi connectivity index (χ1) is 13.0. The second kappa shape index (κ2) is 7.90. The largest absolute Gasteiger partial charge is 0.493 e. The second-order valence-electron chi connectivity index (χ2n) is 6.03. The van der Waals surface area contributed by atoms with E-state index in [1.807, 2.05) is 12.1 Å². The fraction of sp³-hybridized carbons (Fsp3) is 0.250. The number of nitrogens with zero attached hydrogens (tertiary/aromatic N) is 1. The quantitative estimate of drug-likeness (QED) is 0.752. The molecule has 7 heteroatoms. The zero-order valence-electron chi connectivity index (χ0n) is 15.2. The molecule has 3 rings (SSSR count). The Morgan fingerprint density at radius 1 is 0.963 bits per heavy atom. The summed E-state index contributed by atoms with van der Waals surface area (Å²) in [4.78, 5) is 37.7. The van der Waals surface area contributed by atoms with Crippen LogP contribution < -0.4 is 14.8 Å². The Balaban J connectivity index is 1.54. The van der Waals surface area contributed by atoms with Crippen molar-refractivity contribution < 1.29 is 23.9 Å². The molecule has 140 valence electrons. The molecule has 27 heavy (non-hydrogen) atoms. The Morgan fingerprint density at radius 2 is 1.59 bits per heavy atom. The summed E-state index contributed by atoms with van der Waals surface area (Å²) < 4.78 is 10.4. The SMILES string of the molecule is COc1ccc(CCNC(=O)CN2C(=O)c3ccccc3C2=O)cc1OC. The molecule has 0 aliphatic carbocycles. The average molecular weight is 368 g/mol. The lowest BCUT2D eigenvalue weighted by Gasteiger charge is -2.14.